The molecule has 1 amide bonds. The summed E-state index contributed by atoms with van der Waals surface area (Å²) >= 11 is 0. The zero-order valence-electron chi connectivity index (χ0n) is 10.4. The molecule has 0 aromatic heterocycles. The lowest BCUT2D eigenvalue weighted by Gasteiger charge is -2.38. The van der Waals surface area contributed by atoms with Crippen LogP contribution in [0, 0.1) is 0 Å². The average molecular weight is 242 g/mol. The number of hydrogen-bond acceptors (Lipinski definition) is 4. The fourth-order valence-corrected chi connectivity index (χ4v) is 2.24. The summed E-state index contributed by atoms with van der Waals surface area (Å²) in [6.07, 6.45) is 3.75. The molecule has 1 aliphatic heterocycles. The molecule has 2 fully saturated rings. The van der Waals surface area contributed by atoms with Crippen molar-refractivity contribution in [2.45, 2.75) is 37.3 Å². The van der Waals surface area contributed by atoms with Gasteiger partial charge in [-0.2, -0.15) is 0 Å². The predicted octanol–water partition coefficient (Wildman–Crippen LogP) is -0.262. The highest BCUT2D eigenvalue weighted by atomic mass is 16.5. The molecule has 1 heterocycles. The number of carbonyl (C=O) groups excluding carboxylic acids is 1. The van der Waals surface area contributed by atoms with Crippen molar-refractivity contribution in [3.8, 4) is 0 Å². The Balaban J connectivity index is 1.88. The Hall–Kier alpha value is -0.650. The predicted molar refractivity (Wildman–Crippen MR) is 63.7 cm³/mol. The van der Waals surface area contributed by atoms with E-state index in [1.165, 1.54) is 0 Å². The van der Waals surface area contributed by atoms with Crippen molar-refractivity contribution in [2.24, 2.45) is 0 Å². The molecule has 0 bridgehead atoms. The maximum Gasteiger partial charge on any atom is 0.255 e. The fourth-order valence-electron chi connectivity index (χ4n) is 2.24. The Labute approximate surface area is 102 Å². The van der Waals surface area contributed by atoms with Gasteiger partial charge in [0.2, 0.25) is 0 Å². The number of hydrogen-bond donors (Lipinski definition) is 2. The second kappa shape index (κ2) is 5.33. The minimum atomic E-state index is -1.20. The Kier molecular flexibility index (Phi) is 4.01. The minimum absolute atomic E-state index is 0.144. The standard InChI is InChI=1S/C12H22N2O3/c1-17-8-7-14-6-2-5-12(16,11(14)15)9-13-10-3-4-10/h10,13,16H,2-9H2,1H3/t12-/m1/s1. The average Bonchev–Trinajstić information content (AvgIpc) is 3.13. The van der Waals surface area contributed by atoms with E-state index < -0.39 is 5.60 Å². The van der Waals surface area contributed by atoms with E-state index >= 15 is 0 Å². The Morgan fingerprint density at radius 2 is 2.35 bits per heavy atom. The van der Waals surface area contributed by atoms with Gasteiger partial charge in [-0.15, -0.1) is 0 Å². The number of piperidine rings is 1. The highest BCUT2D eigenvalue weighted by molar-refractivity contribution is 5.86. The second-order valence-corrected chi connectivity index (χ2v) is 5.08. The van der Waals surface area contributed by atoms with Crippen LogP contribution in [0.5, 0.6) is 0 Å². The van der Waals surface area contributed by atoms with Gasteiger partial charge in [-0.05, 0) is 25.7 Å². The van der Waals surface area contributed by atoms with Crippen LogP contribution in [-0.2, 0) is 9.53 Å². The van der Waals surface area contributed by atoms with Crippen molar-refractivity contribution in [2.75, 3.05) is 33.4 Å². The van der Waals surface area contributed by atoms with Crippen LogP contribution >= 0.6 is 0 Å². The third-order valence-corrected chi connectivity index (χ3v) is 3.53. The summed E-state index contributed by atoms with van der Waals surface area (Å²) in [6, 6.07) is 0.515. The molecule has 1 saturated carbocycles. The van der Waals surface area contributed by atoms with Crippen LogP contribution in [0.1, 0.15) is 25.7 Å². The summed E-state index contributed by atoms with van der Waals surface area (Å²) in [5.41, 5.74) is -1.20. The van der Waals surface area contributed by atoms with Gasteiger partial charge >= 0.3 is 0 Å². The number of likely N-dealkylation sites (tertiary alicyclic amines) is 1. The summed E-state index contributed by atoms with van der Waals surface area (Å²) < 4.78 is 4.98. The van der Waals surface area contributed by atoms with Crippen LogP contribution in [-0.4, -0.2) is 60.9 Å². The number of amides is 1. The first-order valence-electron chi connectivity index (χ1n) is 6.40. The van der Waals surface area contributed by atoms with E-state index in [0.717, 1.165) is 25.8 Å². The smallest absolute Gasteiger partial charge is 0.255 e. The topological polar surface area (TPSA) is 61.8 Å². The van der Waals surface area contributed by atoms with Crippen LogP contribution in [0.4, 0.5) is 0 Å². The Morgan fingerprint density at radius 3 is 3.00 bits per heavy atom. The highest BCUT2D eigenvalue weighted by Gasteiger charge is 2.42. The summed E-state index contributed by atoms with van der Waals surface area (Å²) in [5, 5.41) is 13.6. The van der Waals surface area contributed by atoms with Gasteiger partial charge in [0, 0.05) is 32.8 Å². The zero-order valence-corrected chi connectivity index (χ0v) is 10.4. The molecule has 0 aromatic carbocycles. The molecule has 1 aliphatic carbocycles. The molecule has 5 nitrogen and oxygen atoms in total. The minimum Gasteiger partial charge on any atom is -0.383 e. The first-order chi connectivity index (χ1) is 8.15. The van der Waals surface area contributed by atoms with Crippen LogP contribution < -0.4 is 5.32 Å². The SMILES string of the molecule is COCCN1CCC[C@@](O)(CNC2CC2)C1=O. The summed E-state index contributed by atoms with van der Waals surface area (Å²) in [7, 11) is 1.62. The summed E-state index contributed by atoms with van der Waals surface area (Å²) in [5.74, 6) is -0.144. The van der Waals surface area contributed by atoms with Gasteiger partial charge in [0.25, 0.3) is 5.91 Å². The van der Waals surface area contributed by atoms with Crippen LogP contribution in [0.15, 0.2) is 0 Å². The van der Waals surface area contributed by atoms with Gasteiger partial charge in [0.1, 0.15) is 0 Å². The number of aliphatic hydroxyl groups is 1. The van der Waals surface area contributed by atoms with E-state index in [1.54, 1.807) is 12.0 Å². The van der Waals surface area contributed by atoms with Gasteiger partial charge < -0.3 is 20.1 Å². The molecule has 0 unspecified atom stereocenters. The van der Waals surface area contributed by atoms with Gasteiger partial charge in [-0.3, -0.25) is 4.79 Å². The molecule has 98 valence electrons. The molecule has 0 spiro atoms. The highest BCUT2D eigenvalue weighted by Crippen LogP contribution is 2.24. The molecule has 1 atom stereocenters. The van der Waals surface area contributed by atoms with Crippen LogP contribution in [0.2, 0.25) is 0 Å². The molecular weight excluding hydrogens is 220 g/mol. The first kappa shape index (κ1) is 12.8. The van der Waals surface area contributed by atoms with Crippen molar-refractivity contribution in [3.05, 3.63) is 0 Å². The molecule has 0 aromatic rings. The van der Waals surface area contributed by atoms with Gasteiger partial charge in [-0.25, -0.2) is 0 Å². The molecule has 2 N–H and O–H groups in total. The van der Waals surface area contributed by atoms with Crippen molar-refractivity contribution in [1.29, 1.82) is 0 Å². The number of ether oxygens (including phenoxy) is 1. The number of carbonyl (C=O) groups is 1. The summed E-state index contributed by atoms with van der Waals surface area (Å²) in [4.78, 5) is 13.9. The largest absolute Gasteiger partial charge is 0.383 e. The van der Waals surface area contributed by atoms with E-state index in [4.69, 9.17) is 4.74 Å². The van der Waals surface area contributed by atoms with E-state index in [1.807, 2.05) is 0 Å². The van der Waals surface area contributed by atoms with E-state index in [2.05, 4.69) is 5.32 Å². The van der Waals surface area contributed by atoms with Crippen LogP contribution in [0.25, 0.3) is 0 Å². The summed E-state index contributed by atoms with van der Waals surface area (Å²) in [6.45, 7) is 2.22. The Bertz CT molecular complexity index is 281. The van der Waals surface area contributed by atoms with Gasteiger partial charge in [-0.1, -0.05) is 0 Å². The van der Waals surface area contributed by atoms with E-state index in [0.29, 0.717) is 32.2 Å². The first-order valence-corrected chi connectivity index (χ1v) is 6.40. The van der Waals surface area contributed by atoms with E-state index in [-0.39, 0.29) is 5.91 Å². The van der Waals surface area contributed by atoms with Crippen molar-refractivity contribution in [1.82, 2.24) is 10.2 Å². The molecule has 2 aliphatic rings. The molecule has 2 rings (SSSR count). The normalized spacial score (nSPS) is 29.8. The molecule has 1 saturated heterocycles. The molecule has 5 heteroatoms. The van der Waals surface area contributed by atoms with Crippen molar-refractivity contribution < 1.29 is 14.6 Å². The quantitative estimate of drug-likeness (QED) is 0.673. The third-order valence-electron chi connectivity index (χ3n) is 3.53. The van der Waals surface area contributed by atoms with Crippen LogP contribution in [0.3, 0.4) is 0 Å². The number of nitrogens with one attached hydrogen (secondary N) is 1. The van der Waals surface area contributed by atoms with E-state index in [9.17, 15) is 9.90 Å². The van der Waals surface area contributed by atoms with Gasteiger partial charge in [0.15, 0.2) is 5.60 Å². The maximum atomic E-state index is 12.2. The maximum absolute atomic E-state index is 12.2. The molecular formula is C12H22N2O3. The van der Waals surface area contributed by atoms with Gasteiger partial charge in [0.05, 0.1) is 6.61 Å². The lowest BCUT2D eigenvalue weighted by atomic mass is 9.91. The number of methoxy groups -OCH3 is 1. The number of nitrogens with zero attached hydrogens (tertiary/aromatic N) is 1. The van der Waals surface area contributed by atoms with Crippen molar-refractivity contribution in [3.63, 3.8) is 0 Å². The second-order valence-electron chi connectivity index (χ2n) is 5.08. The van der Waals surface area contributed by atoms with Crippen molar-refractivity contribution >= 4 is 5.91 Å². The zero-order chi connectivity index (χ0) is 12.3. The molecule has 0 radical (unpaired) electrons. The number of rotatable bonds is 6. The third kappa shape index (κ3) is 3.18. The lowest BCUT2D eigenvalue weighted by Crippen LogP contribution is -2.58. The lowest BCUT2D eigenvalue weighted by molar-refractivity contribution is -0.157. The molecule has 17 heavy (non-hydrogen) atoms. The monoisotopic (exact) mass is 242 g/mol. The fraction of sp³-hybridized carbons (Fsp3) is 0.917. The Morgan fingerprint density at radius 1 is 1.59 bits per heavy atom.